The highest BCUT2D eigenvalue weighted by Crippen LogP contribution is 2.28. The molecule has 0 unspecified atom stereocenters. The number of amides is 2. The summed E-state index contributed by atoms with van der Waals surface area (Å²) in [5.74, 6) is -0.701. The molecule has 0 atom stereocenters. The molecule has 4 rings (SSSR count). The Labute approximate surface area is 172 Å². The second kappa shape index (κ2) is 8.10. The fourth-order valence-electron chi connectivity index (χ4n) is 4.03. The van der Waals surface area contributed by atoms with Crippen LogP contribution < -0.4 is 4.74 Å². The first-order valence-corrected chi connectivity index (χ1v) is 9.87. The van der Waals surface area contributed by atoms with Crippen LogP contribution in [0.3, 0.4) is 0 Å². The summed E-state index contributed by atoms with van der Waals surface area (Å²) < 4.78 is 41.3. The molecule has 8 heteroatoms. The lowest BCUT2D eigenvalue weighted by Gasteiger charge is -2.29. The van der Waals surface area contributed by atoms with Gasteiger partial charge in [-0.1, -0.05) is 18.2 Å². The van der Waals surface area contributed by atoms with Gasteiger partial charge in [-0.2, -0.15) is 0 Å². The topological polar surface area (TPSA) is 49.9 Å². The number of fused-ring (bicyclic) bond motifs is 2. The third-order valence-corrected chi connectivity index (χ3v) is 5.49. The van der Waals surface area contributed by atoms with Crippen molar-refractivity contribution in [3.05, 3.63) is 64.7 Å². The molecule has 0 bridgehead atoms. The number of hydrogen-bond acceptors (Lipinski definition) is 4. The molecule has 0 N–H and O–H groups in total. The van der Waals surface area contributed by atoms with Gasteiger partial charge >= 0.3 is 6.36 Å². The largest absolute Gasteiger partial charge is 0.573 e. The van der Waals surface area contributed by atoms with Crippen LogP contribution in [0.15, 0.2) is 42.5 Å². The standard InChI is InChI=1S/C22H21F3N2O3/c23-22(24,25)30-17-8-7-15-9-12-26(14-16(15)13-17)10-3-4-11-27-20(28)18-5-1-2-6-19(18)21(27)29/h1-2,5-8,13H,3-4,9-12,14H2. The maximum absolute atomic E-state index is 12.4. The molecule has 2 heterocycles. The van der Waals surface area contributed by atoms with Gasteiger partial charge in [0.05, 0.1) is 11.1 Å². The van der Waals surface area contributed by atoms with Gasteiger partial charge in [0.2, 0.25) is 0 Å². The summed E-state index contributed by atoms with van der Waals surface area (Å²) in [6.07, 6.45) is -2.49. The Balaban J connectivity index is 1.28. The Morgan fingerprint density at radius 3 is 2.23 bits per heavy atom. The molecule has 5 nitrogen and oxygen atoms in total. The molecule has 2 aliphatic heterocycles. The van der Waals surface area contributed by atoms with Crippen molar-refractivity contribution in [2.75, 3.05) is 19.6 Å². The average molecular weight is 418 g/mol. The first-order chi connectivity index (χ1) is 14.3. The molecular weight excluding hydrogens is 397 g/mol. The van der Waals surface area contributed by atoms with E-state index in [0.29, 0.717) is 30.6 Å². The molecule has 2 aromatic rings. The number of hydrogen-bond donors (Lipinski definition) is 0. The smallest absolute Gasteiger partial charge is 0.406 e. The molecule has 2 aromatic carbocycles. The van der Waals surface area contributed by atoms with Crippen molar-refractivity contribution in [3.63, 3.8) is 0 Å². The van der Waals surface area contributed by atoms with Gasteiger partial charge in [0.25, 0.3) is 11.8 Å². The zero-order chi connectivity index (χ0) is 21.3. The average Bonchev–Trinajstić information content (AvgIpc) is 2.94. The monoisotopic (exact) mass is 418 g/mol. The van der Waals surface area contributed by atoms with Gasteiger partial charge in [-0.05, 0) is 61.2 Å². The van der Waals surface area contributed by atoms with Crippen LogP contribution in [-0.2, 0) is 13.0 Å². The SMILES string of the molecule is O=C1c2ccccc2C(=O)N1CCCCN1CCc2ccc(OC(F)(F)F)cc2C1. The normalized spacial score (nSPS) is 16.6. The summed E-state index contributed by atoms with van der Waals surface area (Å²) in [6, 6.07) is 11.3. The molecule has 0 radical (unpaired) electrons. The molecule has 30 heavy (non-hydrogen) atoms. The summed E-state index contributed by atoms with van der Waals surface area (Å²) >= 11 is 0. The third-order valence-electron chi connectivity index (χ3n) is 5.49. The van der Waals surface area contributed by atoms with E-state index in [4.69, 9.17) is 0 Å². The van der Waals surface area contributed by atoms with Crippen molar-refractivity contribution >= 4 is 11.8 Å². The summed E-state index contributed by atoms with van der Waals surface area (Å²) in [5.41, 5.74) is 2.77. The molecule has 158 valence electrons. The number of halogens is 3. The van der Waals surface area contributed by atoms with Crippen LogP contribution in [-0.4, -0.2) is 47.6 Å². The summed E-state index contributed by atoms with van der Waals surface area (Å²) in [5, 5.41) is 0. The molecule has 2 aliphatic rings. The number of imide groups is 1. The van der Waals surface area contributed by atoms with Crippen LogP contribution in [0.1, 0.15) is 44.7 Å². The Morgan fingerprint density at radius 2 is 1.57 bits per heavy atom. The zero-order valence-corrected chi connectivity index (χ0v) is 16.2. The number of alkyl halides is 3. The molecule has 0 spiro atoms. The van der Waals surface area contributed by atoms with Gasteiger partial charge in [-0.25, -0.2) is 0 Å². The Bertz CT molecular complexity index is 939. The van der Waals surface area contributed by atoms with E-state index < -0.39 is 6.36 Å². The van der Waals surface area contributed by atoms with E-state index in [2.05, 4.69) is 9.64 Å². The number of ether oxygens (including phenoxy) is 1. The van der Waals surface area contributed by atoms with E-state index in [9.17, 15) is 22.8 Å². The fourth-order valence-corrected chi connectivity index (χ4v) is 4.03. The number of benzene rings is 2. The van der Waals surface area contributed by atoms with E-state index in [1.807, 2.05) is 0 Å². The van der Waals surface area contributed by atoms with E-state index in [0.717, 1.165) is 37.1 Å². The molecule has 2 amide bonds. The zero-order valence-electron chi connectivity index (χ0n) is 16.2. The maximum Gasteiger partial charge on any atom is 0.573 e. The first kappa shape index (κ1) is 20.4. The molecule has 0 aliphatic carbocycles. The second-order valence-corrected chi connectivity index (χ2v) is 7.52. The predicted octanol–water partition coefficient (Wildman–Crippen LogP) is 4.02. The van der Waals surface area contributed by atoms with E-state index in [-0.39, 0.29) is 17.6 Å². The van der Waals surface area contributed by atoms with E-state index >= 15 is 0 Å². The molecular formula is C22H21F3N2O3. The van der Waals surface area contributed by atoms with Crippen molar-refractivity contribution in [3.8, 4) is 5.75 Å². The van der Waals surface area contributed by atoms with Crippen LogP contribution in [0.25, 0.3) is 0 Å². The van der Waals surface area contributed by atoms with Gasteiger partial charge in [-0.15, -0.1) is 13.2 Å². The minimum absolute atomic E-state index is 0.200. The van der Waals surface area contributed by atoms with Crippen molar-refractivity contribution in [1.82, 2.24) is 9.80 Å². The lowest BCUT2D eigenvalue weighted by atomic mass is 9.99. The van der Waals surface area contributed by atoms with Crippen LogP contribution in [0, 0.1) is 0 Å². The highest BCUT2D eigenvalue weighted by atomic mass is 19.4. The van der Waals surface area contributed by atoms with Gasteiger partial charge in [0.15, 0.2) is 0 Å². The van der Waals surface area contributed by atoms with E-state index in [1.165, 1.54) is 17.0 Å². The minimum atomic E-state index is -4.70. The number of rotatable bonds is 6. The molecule has 0 saturated carbocycles. The van der Waals surface area contributed by atoms with Gasteiger partial charge in [0, 0.05) is 19.6 Å². The second-order valence-electron chi connectivity index (χ2n) is 7.52. The summed E-state index contributed by atoms with van der Waals surface area (Å²) in [7, 11) is 0. The minimum Gasteiger partial charge on any atom is -0.406 e. The Kier molecular flexibility index (Phi) is 5.51. The molecule has 0 fully saturated rings. The maximum atomic E-state index is 12.4. The van der Waals surface area contributed by atoms with Crippen LogP contribution in [0.4, 0.5) is 13.2 Å². The highest BCUT2D eigenvalue weighted by molar-refractivity contribution is 6.21. The molecule has 0 saturated heterocycles. The van der Waals surface area contributed by atoms with Gasteiger partial charge in [-0.3, -0.25) is 19.4 Å². The van der Waals surface area contributed by atoms with Crippen molar-refractivity contribution in [1.29, 1.82) is 0 Å². The summed E-state index contributed by atoms with van der Waals surface area (Å²) in [6.45, 7) is 2.48. The van der Waals surface area contributed by atoms with Crippen LogP contribution in [0.5, 0.6) is 5.75 Å². The van der Waals surface area contributed by atoms with Crippen molar-refractivity contribution in [2.24, 2.45) is 0 Å². The van der Waals surface area contributed by atoms with Crippen molar-refractivity contribution < 1.29 is 27.5 Å². The lowest BCUT2D eigenvalue weighted by Crippen LogP contribution is -2.33. The Morgan fingerprint density at radius 1 is 0.900 bits per heavy atom. The lowest BCUT2D eigenvalue weighted by molar-refractivity contribution is -0.274. The quantitative estimate of drug-likeness (QED) is 0.525. The predicted molar refractivity (Wildman–Crippen MR) is 103 cm³/mol. The highest BCUT2D eigenvalue weighted by Gasteiger charge is 2.34. The summed E-state index contributed by atoms with van der Waals surface area (Å²) in [4.78, 5) is 28.2. The van der Waals surface area contributed by atoms with Crippen molar-refractivity contribution in [2.45, 2.75) is 32.2 Å². The number of carbonyl (C=O) groups is 2. The molecule has 0 aromatic heterocycles. The third kappa shape index (κ3) is 4.33. The number of carbonyl (C=O) groups excluding carboxylic acids is 2. The fraction of sp³-hybridized carbons (Fsp3) is 0.364. The number of unbranched alkanes of at least 4 members (excludes halogenated alkanes) is 1. The van der Waals surface area contributed by atoms with Crippen LogP contribution >= 0.6 is 0 Å². The first-order valence-electron chi connectivity index (χ1n) is 9.87. The van der Waals surface area contributed by atoms with Gasteiger partial charge in [0.1, 0.15) is 5.75 Å². The Hall–Kier alpha value is -2.87. The van der Waals surface area contributed by atoms with Gasteiger partial charge < -0.3 is 4.74 Å². The number of nitrogens with zero attached hydrogens (tertiary/aromatic N) is 2. The van der Waals surface area contributed by atoms with E-state index in [1.54, 1.807) is 30.3 Å². The van der Waals surface area contributed by atoms with Crippen LogP contribution in [0.2, 0.25) is 0 Å².